The van der Waals surface area contributed by atoms with E-state index in [-0.39, 0.29) is 11.0 Å². The summed E-state index contributed by atoms with van der Waals surface area (Å²) >= 11 is 2.89. The van der Waals surface area contributed by atoms with Gasteiger partial charge < -0.3 is 5.11 Å². The van der Waals surface area contributed by atoms with Crippen LogP contribution in [-0.4, -0.2) is 10.1 Å². The minimum Gasteiger partial charge on any atom is -0.504 e. The van der Waals surface area contributed by atoms with Crippen molar-refractivity contribution in [1.82, 2.24) is 4.98 Å². The van der Waals surface area contributed by atoms with E-state index in [9.17, 15) is 13.2 Å². The summed E-state index contributed by atoms with van der Waals surface area (Å²) in [7, 11) is 0. The van der Waals surface area contributed by atoms with Gasteiger partial charge >= 0.3 is 0 Å². The van der Waals surface area contributed by atoms with Crippen molar-refractivity contribution in [3.63, 3.8) is 0 Å². The lowest BCUT2D eigenvalue weighted by Gasteiger charge is -2.04. The summed E-state index contributed by atoms with van der Waals surface area (Å²) in [6.07, 6.45) is -2.84. The highest BCUT2D eigenvalue weighted by atomic mass is 79.9. The van der Waals surface area contributed by atoms with Gasteiger partial charge in [0.15, 0.2) is 11.6 Å². The van der Waals surface area contributed by atoms with Crippen molar-refractivity contribution in [2.75, 3.05) is 0 Å². The number of alkyl halides is 3. The van der Waals surface area contributed by atoms with Crippen molar-refractivity contribution in [3.05, 3.63) is 23.3 Å². The second kappa shape index (κ2) is 3.95. The molecule has 0 fully saturated rings. The monoisotopic (exact) mass is 255 g/mol. The summed E-state index contributed by atoms with van der Waals surface area (Å²) in [5, 5.41) is 9.02. The summed E-state index contributed by atoms with van der Waals surface area (Å²) in [6, 6.07) is 0.520. The van der Waals surface area contributed by atoms with E-state index in [0.717, 1.165) is 0 Å². The molecule has 0 saturated carbocycles. The van der Waals surface area contributed by atoms with Gasteiger partial charge in [-0.15, -0.1) is 0 Å². The third-order valence-electron chi connectivity index (χ3n) is 1.39. The number of aromatic nitrogens is 1. The van der Waals surface area contributed by atoms with E-state index in [0.29, 0.717) is 6.07 Å². The van der Waals surface area contributed by atoms with Crippen molar-refractivity contribution in [3.8, 4) is 5.75 Å². The summed E-state index contributed by atoms with van der Waals surface area (Å²) in [5.74, 6) is -1.78. The molecule has 0 radical (unpaired) electrons. The lowest BCUT2D eigenvalue weighted by molar-refractivity contribution is 0.145. The first kappa shape index (κ1) is 10.3. The van der Waals surface area contributed by atoms with Crippen LogP contribution in [0.25, 0.3) is 0 Å². The maximum Gasteiger partial charge on any atom is 0.280 e. The van der Waals surface area contributed by atoms with E-state index in [1.807, 2.05) is 0 Å². The Morgan fingerprint density at radius 1 is 1.54 bits per heavy atom. The van der Waals surface area contributed by atoms with Gasteiger partial charge in [-0.05, 0) is 0 Å². The Balaban J connectivity index is 3.22. The normalized spacial score (nSPS) is 10.8. The van der Waals surface area contributed by atoms with Crippen LogP contribution in [-0.2, 0) is 5.33 Å². The highest BCUT2D eigenvalue weighted by Crippen LogP contribution is 2.26. The van der Waals surface area contributed by atoms with Gasteiger partial charge in [-0.25, -0.2) is 18.2 Å². The number of halogens is 4. The summed E-state index contributed by atoms with van der Waals surface area (Å²) < 4.78 is 36.9. The number of hydrogen-bond donors (Lipinski definition) is 1. The molecule has 1 heterocycles. The maximum atomic E-state index is 12.7. The molecule has 1 N–H and O–H groups in total. The molecule has 0 bridgehead atoms. The zero-order valence-corrected chi connectivity index (χ0v) is 7.85. The average Bonchev–Trinajstić information content (AvgIpc) is 2.09. The van der Waals surface area contributed by atoms with Crippen molar-refractivity contribution in [2.24, 2.45) is 0 Å². The predicted octanol–water partition coefficient (Wildman–Crippen LogP) is 2.76. The number of pyridine rings is 1. The average molecular weight is 256 g/mol. The summed E-state index contributed by atoms with van der Waals surface area (Å²) in [4.78, 5) is 3.36. The first-order valence-corrected chi connectivity index (χ1v) is 4.40. The van der Waals surface area contributed by atoms with Crippen LogP contribution in [0.5, 0.6) is 5.75 Å². The molecular formula is C7H5BrF3NO. The molecule has 0 aliphatic heterocycles. The zero-order valence-electron chi connectivity index (χ0n) is 6.27. The first-order valence-electron chi connectivity index (χ1n) is 3.28. The molecule has 0 aliphatic rings. The van der Waals surface area contributed by atoms with Crippen LogP contribution in [0.15, 0.2) is 6.07 Å². The van der Waals surface area contributed by atoms with Crippen LogP contribution < -0.4 is 0 Å². The van der Waals surface area contributed by atoms with E-state index in [4.69, 9.17) is 5.11 Å². The molecule has 0 saturated heterocycles. The van der Waals surface area contributed by atoms with Crippen molar-refractivity contribution in [1.29, 1.82) is 0 Å². The van der Waals surface area contributed by atoms with Crippen LogP contribution in [0.2, 0.25) is 0 Å². The number of rotatable bonds is 2. The van der Waals surface area contributed by atoms with Crippen LogP contribution in [0.1, 0.15) is 17.8 Å². The molecule has 0 unspecified atom stereocenters. The second-order valence-electron chi connectivity index (χ2n) is 2.26. The van der Waals surface area contributed by atoms with Crippen LogP contribution in [0.3, 0.4) is 0 Å². The largest absolute Gasteiger partial charge is 0.504 e. The lowest BCUT2D eigenvalue weighted by Crippen LogP contribution is -1.97. The van der Waals surface area contributed by atoms with E-state index in [1.54, 1.807) is 0 Å². The lowest BCUT2D eigenvalue weighted by atomic mass is 10.3. The first-order chi connectivity index (χ1) is 6.06. The SMILES string of the molecule is Oc1c(F)cc(C(F)F)nc1CBr. The Morgan fingerprint density at radius 3 is 2.62 bits per heavy atom. The molecule has 0 spiro atoms. The fourth-order valence-electron chi connectivity index (χ4n) is 0.782. The Hall–Kier alpha value is -0.780. The summed E-state index contributed by atoms with van der Waals surface area (Å²) in [6.45, 7) is 0. The molecular weight excluding hydrogens is 251 g/mol. The molecule has 0 amide bonds. The molecule has 1 aromatic rings. The Labute approximate surface area is 80.5 Å². The van der Waals surface area contributed by atoms with Gasteiger partial charge in [0.25, 0.3) is 6.43 Å². The Bertz CT molecular complexity index is 319. The quantitative estimate of drug-likeness (QED) is 0.825. The second-order valence-corrected chi connectivity index (χ2v) is 2.82. The van der Waals surface area contributed by atoms with Crippen molar-refractivity contribution in [2.45, 2.75) is 11.8 Å². The van der Waals surface area contributed by atoms with Crippen molar-refractivity contribution < 1.29 is 18.3 Å². The van der Waals surface area contributed by atoms with Crippen LogP contribution in [0.4, 0.5) is 13.2 Å². The molecule has 0 aromatic carbocycles. The van der Waals surface area contributed by atoms with Gasteiger partial charge in [0.05, 0.1) is 5.69 Å². The third-order valence-corrected chi connectivity index (χ3v) is 1.92. The molecule has 2 nitrogen and oxygen atoms in total. The van der Waals surface area contributed by atoms with E-state index in [1.165, 1.54) is 0 Å². The van der Waals surface area contributed by atoms with E-state index >= 15 is 0 Å². The maximum absolute atomic E-state index is 12.7. The minimum atomic E-state index is -2.84. The van der Waals surface area contributed by atoms with Crippen LogP contribution in [0, 0.1) is 5.82 Å². The number of hydrogen-bond acceptors (Lipinski definition) is 2. The molecule has 72 valence electrons. The van der Waals surface area contributed by atoms with Crippen LogP contribution >= 0.6 is 15.9 Å². The highest BCUT2D eigenvalue weighted by molar-refractivity contribution is 9.08. The fraction of sp³-hybridized carbons (Fsp3) is 0.286. The van der Waals surface area contributed by atoms with Gasteiger partial charge in [0.2, 0.25) is 0 Å². The Morgan fingerprint density at radius 2 is 2.15 bits per heavy atom. The van der Waals surface area contributed by atoms with Gasteiger partial charge in [0.1, 0.15) is 5.69 Å². The van der Waals surface area contributed by atoms with Gasteiger partial charge in [-0.3, -0.25) is 0 Å². The minimum absolute atomic E-state index is 0.0241. The van der Waals surface area contributed by atoms with Gasteiger partial charge in [-0.2, -0.15) is 0 Å². The van der Waals surface area contributed by atoms with E-state index < -0.39 is 23.7 Å². The third kappa shape index (κ3) is 2.12. The molecule has 13 heavy (non-hydrogen) atoms. The highest BCUT2D eigenvalue weighted by Gasteiger charge is 2.16. The molecule has 0 atom stereocenters. The molecule has 0 aliphatic carbocycles. The van der Waals surface area contributed by atoms with Gasteiger partial charge in [0, 0.05) is 11.4 Å². The topological polar surface area (TPSA) is 33.1 Å². The zero-order chi connectivity index (χ0) is 10.0. The molecule has 1 rings (SSSR count). The van der Waals surface area contributed by atoms with E-state index in [2.05, 4.69) is 20.9 Å². The number of aromatic hydroxyl groups is 1. The molecule has 6 heteroatoms. The van der Waals surface area contributed by atoms with Crippen molar-refractivity contribution >= 4 is 15.9 Å². The molecule has 1 aromatic heterocycles. The standard InChI is InChI=1S/C7H5BrF3NO/c8-2-5-6(13)3(9)1-4(12-5)7(10)11/h1,7,13H,2H2. The number of nitrogens with zero attached hydrogens (tertiary/aromatic N) is 1. The fourth-order valence-corrected chi connectivity index (χ4v) is 1.17. The summed E-state index contributed by atoms with van der Waals surface area (Å²) in [5.41, 5.74) is -0.806. The smallest absolute Gasteiger partial charge is 0.280 e. The predicted molar refractivity (Wildman–Crippen MR) is 43.4 cm³/mol. The Kier molecular flexibility index (Phi) is 3.13. The van der Waals surface area contributed by atoms with Gasteiger partial charge in [-0.1, -0.05) is 15.9 Å².